The lowest BCUT2D eigenvalue weighted by Crippen LogP contribution is -2.47. The Balaban J connectivity index is 2.72. The molecule has 0 saturated carbocycles. The zero-order chi connectivity index (χ0) is 16.0. The summed E-state index contributed by atoms with van der Waals surface area (Å²) in [5.41, 5.74) is 0. The molecule has 1 aliphatic rings. The fourth-order valence-corrected chi connectivity index (χ4v) is 4.27. The maximum absolute atomic E-state index is 12.3. The Bertz CT molecular complexity index is 477. The van der Waals surface area contributed by atoms with Crippen LogP contribution < -0.4 is 0 Å². The lowest BCUT2D eigenvalue weighted by atomic mass is 10.2. The van der Waals surface area contributed by atoms with Crippen LogP contribution in [0, 0.1) is 0 Å². The molecular formula is C13H24N2O5S. The Labute approximate surface area is 126 Å². The number of carbonyl (C=O) groups is 2. The van der Waals surface area contributed by atoms with Gasteiger partial charge < -0.3 is 10.0 Å². The molecule has 7 nitrogen and oxygen atoms in total. The molecule has 1 saturated heterocycles. The van der Waals surface area contributed by atoms with Crippen LogP contribution in [0.5, 0.6) is 0 Å². The van der Waals surface area contributed by atoms with Crippen LogP contribution in [0.15, 0.2) is 0 Å². The first-order chi connectivity index (χ1) is 9.79. The van der Waals surface area contributed by atoms with E-state index in [0.717, 1.165) is 6.42 Å². The van der Waals surface area contributed by atoms with E-state index in [0.29, 0.717) is 25.8 Å². The highest BCUT2D eigenvalue weighted by atomic mass is 32.2. The number of carboxylic acids is 1. The number of hydrogen-bond acceptors (Lipinski definition) is 4. The summed E-state index contributed by atoms with van der Waals surface area (Å²) in [6.45, 7) is 2.38. The number of nitrogens with zero attached hydrogens (tertiary/aromatic N) is 2. The monoisotopic (exact) mass is 320 g/mol. The van der Waals surface area contributed by atoms with E-state index < -0.39 is 22.0 Å². The fourth-order valence-electron chi connectivity index (χ4n) is 2.39. The van der Waals surface area contributed by atoms with Crippen molar-refractivity contribution in [1.29, 1.82) is 0 Å². The second-order valence-electron chi connectivity index (χ2n) is 5.34. The van der Waals surface area contributed by atoms with E-state index in [1.165, 1.54) is 16.3 Å². The number of carbonyl (C=O) groups excluding carboxylic acids is 1. The fraction of sp³-hybridized carbons (Fsp3) is 0.846. The van der Waals surface area contributed by atoms with Crippen LogP contribution in [0.2, 0.25) is 0 Å². The predicted octanol–water partition coefficient (Wildman–Crippen LogP) is 0.514. The molecular weight excluding hydrogens is 296 g/mol. The molecule has 1 N–H and O–H groups in total. The molecule has 1 rings (SSSR count). The average molecular weight is 320 g/mol. The molecule has 0 aromatic rings. The van der Waals surface area contributed by atoms with Gasteiger partial charge in [0, 0.05) is 20.1 Å². The molecule has 122 valence electrons. The largest absolute Gasteiger partial charge is 0.481 e. The summed E-state index contributed by atoms with van der Waals surface area (Å²) in [7, 11) is -1.90. The molecule has 0 aliphatic carbocycles. The first kappa shape index (κ1) is 17.9. The summed E-state index contributed by atoms with van der Waals surface area (Å²) < 4.78 is 25.8. The number of hydrogen-bond donors (Lipinski definition) is 1. The molecule has 1 amide bonds. The van der Waals surface area contributed by atoms with Gasteiger partial charge in [-0.25, -0.2) is 8.42 Å². The van der Waals surface area contributed by atoms with Crippen molar-refractivity contribution in [3.8, 4) is 0 Å². The first-order valence-corrected chi connectivity index (χ1v) is 8.86. The van der Waals surface area contributed by atoms with Gasteiger partial charge in [0.2, 0.25) is 15.9 Å². The standard InChI is InChI=1S/C13H24N2O5S/c1-3-4-10-21(19,20)15-8-5-6-11(15)13(18)14(2)9-7-12(16)17/h11H,3-10H2,1-2H3,(H,16,17). The summed E-state index contributed by atoms with van der Waals surface area (Å²) in [5, 5.41) is 8.64. The molecule has 1 fully saturated rings. The van der Waals surface area contributed by atoms with Crippen molar-refractivity contribution >= 4 is 21.9 Å². The van der Waals surface area contributed by atoms with Crippen LogP contribution in [0.1, 0.15) is 39.0 Å². The van der Waals surface area contributed by atoms with Crippen molar-refractivity contribution in [3.05, 3.63) is 0 Å². The second-order valence-corrected chi connectivity index (χ2v) is 7.38. The smallest absolute Gasteiger partial charge is 0.305 e. The predicted molar refractivity (Wildman–Crippen MR) is 78.3 cm³/mol. The van der Waals surface area contributed by atoms with Crippen LogP contribution >= 0.6 is 0 Å². The van der Waals surface area contributed by atoms with Gasteiger partial charge in [0.1, 0.15) is 6.04 Å². The van der Waals surface area contributed by atoms with E-state index in [1.807, 2.05) is 6.92 Å². The molecule has 1 unspecified atom stereocenters. The third kappa shape index (κ3) is 4.96. The topological polar surface area (TPSA) is 95.0 Å². The molecule has 1 atom stereocenters. The van der Waals surface area contributed by atoms with Crippen molar-refractivity contribution in [2.24, 2.45) is 0 Å². The maximum atomic E-state index is 12.3. The van der Waals surface area contributed by atoms with E-state index >= 15 is 0 Å². The van der Waals surface area contributed by atoms with Gasteiger partial charge in [0.25, 0.3) is 0 Å². The first-order valence-electron chi connectivity index (χ1n) is 7.26. The van der Waals surface area contributed by atoms with Gasteiger partial charge >= 0.3 is 5.97 Å². The minimum absolute atomic E-state index is 0.0616. The van der Waals surface area contributed by atoms with Crippen molar-refractivity contribution in [3.63, 3.8) is 0 Å². The van der Waals surface area contributed by atoms with Gasteiger partial charge in [-0.15, -0.1) is 0 Å². The maximum Gasteiger partial charge on any atom is 0.305 e. The van der Waals surface area contributed by atoms with Crippen LogP contribution in [0.25, 0.3) is 0 Å². The van der Waals surface area contributed by atoms with Crippen LogP contribution in [-0.2, 0) is 19.6 Å². The minimum Gasteiger partial charge on any atom is -0.481 e. The molecule has 8 heteroatoms. The third-order valence-corrected chi connectivity index (χ3v) is 5.60. The highest BCUT2D eigenvalue weighted by Gasteiger charge is 2.39. The summed E-state index contributed by atoms with van der Waals surface area (Å²) in [5.74, 6) is -1.23. The van der Waals surface area contributed by atoms with Crippen LogP contribution in [0.4, 0.5) is 0 Å². The van der Waals surface area contributed by atoms with Gasteiger partial charge in [0.05, 0.1) is 12.2 Å². The molecule has 0 spiro atoms. The number of unbranched alkanes of at least 4 members (excludes halogenated alkanes) is 1. The summed E-state index contributed by atoms with van der Waals surface area (Å²) in [4.78, 5) is 24.2. The summed E-state index contributed by atoms with van der Waals surface area (Å²) in [6, 6.07) is -0.675. The van der Waals surface area contributed by atoms with Gasteiger partial charge in [0.15, 0.2) is 0 Å². The SMILES string of the molecule is CCCCS(=O)(=O)N1CCCC1C(=O)N(C)CCC(=O)O. The van der Waals surface area contributed by atoms with Crippen molar-refractivity contribution in [2.75, 3.05) is 25.9 Å². The number of carboxylic acid groups (broad SMARTS) is 1. The van der Waals surface area contributed by atoms with Gasteiger partial charge in [-0.3, -0.25) is 9.59 Å². The molecule has 0 aromatic carbocycles. The van der Waals surface area contributed by atoms with E-state index in [1.54, 1.807) is 0 Å². The quantitative estimate of drug-likeness (QED) is 0.703. The van der Waals surface area contributed by atoms with Gasteiger partial charge in [-0.1, -0.05) is 13.3 Å². The zero-order valence-corrected chi connectivity index (χ0v) is 13.4. The van der Waals surface area contributed by atoms with Gasteiger partial charge in [-0.05, 0) is 19.3 Å². The average Bonchev–Trinajstić information content (AvgIpc) is 2.91. The molecule has 0 bridgehead atoms. The molecule has 1 aliphatic heterocycles. The minimum atomic E-state index is -3.41. The van der Waals surface area contributed by atoms with Crippen molar-refractivity contribution in [1.82, 2.24) is 9.21 Å². The highest BCUT2D eigenvalue weighted by molar-refractivity contribution is 7.89. The number of amides is 1. The van der Waals surface area contributed by atoms with Crippen molar-refractivity contribution < 1.29 is 23.1 Å². The van der Waals surface area contributed by atoms with Gasteiger partial charge in [-0.2, -0.15) is 4.31 Å². The number of sulfonamides is 1. The van der Waals surface area contributed by atoms with Crippen LogP contribution in [-0.4, -0.2) is 66.5 Å². The van der Waals surface area contributed by atoms with E-state index in [2.05, 4.69) is 0 Å². The summed E-state index contributed by atoms with van der Waals surface area (Å²) in [6.07, 6.45) is 2.38. The van der Waals surface area contributed by atoms with E-state index in [4.69, 9.17) is 5.11 Å². The van der Waals surface area contributed by atoms with E-state index in [9.17, 15) is 18.0 Å². The number of likely N-dealkylation sites (N-methyl/N-ethyl adjacent to an activating group) is 1. The summed E-state index contributed by atoms with van der Waals surface area (Å²) >= 11 is 0. The molecule has 0 aromatic heterocycles. The normalized spacial score (nSPS) is 19.6. The Morgan fingerprint density at radius 1 is 1.38 bits per heavy atom. The second kappa shape index (κ2) is 7.74. The van der Waals surface area contributed by atoms with Crippen molar-refractivity contribution in [2.45, 2.75) is 45.1 Å². The Morgan fingerprint density at radius 2 is 2.05 bits per heavy atom. The Morgan fingerprint density at radius 3 is 2.62 bits per heavy atom. The van der Waals surface area contributed by atoms with Crippen LogP contribution in [0.3, 0.4) is 0 Å². The Hall–Kier alpha value is -1.15. The number of aliphatic carboxylic acids is 1. The third-order valence-electron chi connectivity index (χ3n) is 3.64. The molecule has 0 radical (unpaired) electrons. The Kier molecular flexibility index (Phi) is 6.60. The van der Waals surface area contributed by atoms with E-state index in [-0.39, 0.29) is 24.6 Å². The highest BCUT2D eigenvalue weighted by Crippen LogP contribution is 2.23. The lowest BCUT2D eigenvalue weighted by Gasteiger charge is -2.27. The zero-order valence-electron chi connectivity index (χ0n) is 12.6. The molecule has 21 heavy (non-hydrogen) atoms. The number of rotatable bonds is 8. The molecule has 1 heterocycles. The lowest BCUT2D eigenvalue weighted by molar-refractivity contribution is -0.138.